The third-order valence-electron chi connectivity index (χ3n) is 4.70. The average Bonchev–Trinajstić information content (AvgIpc) is 3.33. The molecule has 0 N–H and O–H groups in total. The number of fused-ring (bicyclic) bond motifs is 3. The summed E-state index contributed by atoms with van der Waals surface area (Å²) in [5.74, 6) is 0.717. The molecular formula is C19H18N2O5S2. The van der Waals surface area contributed by atoms with Gasteiger partial charge in [-0.1, -0.05) is 0 Å². The van der Waals surface area contributed by atoms with Gasteiger partial charge in [0.2, 0.25) is 0 Å². The van der Waals surface area contributed by atoms with Gasteiger partial charge in [-0.3, -0.25) is 4.79 Å². The monoisotopic (exact) mass is 418 g/mol. The van der Waals surface area contributed by atoms with Gasteiger partial charge in [-0.15, -0.1) is 0 Å². The van der Waals surface area contributed by atoms with Gasteiger partial charge in [-0.2, -0.15) is 16.4 Å². The van der Waals surface area contributed by atoms with Crippen LogP contribution in [0, 0.1) is 0 Å². The molecule has 4 rings (SSSR count). The summed E-state index contributed by atoms with van der Waals surface area (Å²) in [7, 11) is -2.17. The second kappa shape index (κ2) is 6.75. The first kappa shape index (κ1) is 18.7. The topological polar surface area (TPSA) is 87.5 Å². The van der Waals surface area contributed by atoms with Crippen LogP contribution in [0.2, 0.25) is 0 Å². The molecule has 1 aromatic carbocycles. The lowest BCUT2D eigenvalue weighted by Crippen LogP contribution is -2.16. The Morgan fingerprint density at radius 1 is 1.36 bits per heavy atom. The van der Waals surface area contributed by atoms with E-state index in [-0.39, 0.29) is 22.9 Å². The summed E-state index contributed by atoms with van der Waals surface area (Å²) in [6.45, 7) is 3.41. The Morgan fingerprint density at radius 2 is 2.14 bits per heavy atom. The minimum atomic E-state index is -3.60. The maximum absolute atomic E-state index is 12.9. The number of nitrogens with zero attached hydrogens (tertiary/aromatic N) is 2. The number of carbonyl (C=O) groups is 1. The van der Waals surface area contributed by atoms with Crippen LogP contribution in [0.5, 0.6) is 11.5 Å². The fraction of sp³-hybridized carbons (Fsp3) is 0.263. The molecule has 3 heterocycles. The molecule has 0 atom stereocenters. The molecule has 0 fully saturated rings. The number of ether oxygens (including phenoxy) is 2. The van der Waals surface area contributed by atoms with Crippen LogP contribution in [0.3, 0.4) is 0 Å². The van der Waals surface area contributed by atoms with E-state index in [9.17, 15) is 13.2 Å². The summed E-state index contributed by atoms with van der Waals surface area (Å²) in [6, 6.07) is 5.02. The number of benzene rings is 1. The van der Waals surface area contributed by atoms with Crippen LogP contribution in [0.1, 0.15) is 29.9 Å². The lowest BCUT2D eigenvalue weighted by molar-refractivity contribution is 0.111. The zero-order valence-electron chi connectivity index (χ0n) is 15.5. The molecular weight excluding hydrogens is 400 g/mol. The van der Waals surface area contributed by atoms with Crippen LogP contribution in [-0.2, 0) is 16.4 Å². The highest BCUT2D eigenvalue weighted by Crippen LogP contribution is 2.44. The lowest BCUT2D eigenvalue weighted by Gasteiger charge is -2.22. The number of aldehydes is 1. The summed E-state index contributed by atoms with van der Waals surface area (Å²) in [4.78, 5) is 11.6. The van der Waals surface area contributed by atoms with Gasteiger partial charge >= 0.3 is 0 Å². The maximum Gasteiger partial charge on any atom is 0.184 e. The smallest absolute Gasteiger partial charge is 0.184 e. The standard InChI is InChI=1S/C19H18N2O5S2/c1-11(2)28(23,24)18-6-13-16(7-17(18)25-3)26-9-14-15(8-22)20-21(19(13)14)12-4-5-27-10-12/h4-8,10-11H,9H2,1-3H3. The minimum absolute atomic E-state index is 0.0888. The number of sulfone groups is 1. The molecule has 7 nitrogen and oxygen atoms in total. The molecule has 0 bridgehead atoms. The van der Waals surface area contributed by atoms with E-state index in [1.165, 1.54) is 18.4 Å². The van der Waals surface area contributed by atoms with E-state index < -0.39 is 15.1 Å². The van der Waals surface area contributed by atoms with Crippen LogP contribution in [0.4, 0.5) is 0 Å². The van der Waals surface area contributed by atoms with Gasteiger partial charge in [0.1, 0.15) is 28.7 Å². The molecule has 1 aliphatic rings. The Kier molecular flexibility index (Phi) is 4.51. The molecule has 0 spiro atoms. The third-order valence-corrected chi connectivity index (χ3v) is 7.54. The van der Waals surface area contributed by atoms with Gasteiger partial charge in [0.05, 0.1) is 23.7 Å². The summed E-state index contributed by atoms with van der Waals surface area (Å²) in [5, 5.41) is 7.62. The minimum Gasteiger partial charge on any atom is -0.495 e. The van der Waals surface area contributed by atoms with Crippen molar-refractivity contribution in [1.29, 1.82) is 0 Å². The number of aromatic nitrogens is 2. The van der Waals surface area contributed by atoms with Crippen molar-refractivity contribution in [2.45, 2.75) is 30.6 Å². The molecule has 1 aliphatic heterocycles. The Hall–Kier alpha value is -2.65. The molecule has 0 saturated carbocycles. The molecule has 9 heteroatoms. The first-order valence-corrected chi connectivity index (χ1v) is 11.1. The number of methoxy groups -OCH3 is 1. The SMILES string of the molecule is COc1cc2c(cc1S(=O)(=O)C(C)C)-c1c(c(C=O)nn1-c1ccsc1)CO2. The second-order valence-corrected chi connectivity index (χ2v) is 9.86. The Morgan fingerprint density at radius 3 is 2.75 bits per heavy atom. The van der Waals surface area contributed by atoms with Crippen molar-refractivity contribution in [2.24, 2.45) is 0 Å². The van der Waals surface area contributed by atoms with Crippen LogP contribution < -0.4 is 9.47 Å². The third kappa shape index (κ3) is 2.73. The van der Waals surface area contributed by atoms with Gasteiger partial charge in [-0.25, -0.2) is 13.1 Å². The summed E-state index contributed by atoms with van der Waals surface area (Å²) >= 11 is 1.50. The Balaban J connectivity index is 2.04. The van der Waals surface area contributed by atoms with E-state index in [0.717, 1.165) is 5.69 Å². The van der Waals surface area contributed by atoms with Crippen molar-refractivity contribution in [1.82, 2.24) is 9.78 Å². The van der Waals surface area contributed by atoms with Gasteiger partial charge in [0, 0.05) is 22.6 Å². The molecule has 28 heavy (non-hydrogen) atoms. The molecule has 0 amide bonds. The first-order chi connectivity index (χ1) is 13.4. The van der Waals surface area contributed by atoms with Gasteiger partial charge in [0.15, 0.2) is 16.1 Å². The number of hydrogen-bond donors (Lipinski definition) is 0. The van der Waals surface area contributed by atoms with Crippen molar-refractivity contribution in [3.63, 3.8) is 0 Å². The molecule has 0 aliphatic carbocycles. The van der Waals surface area contributed by atoms with Crippen LogP contribution in [0.15, 0.2) is 33.9 Å². The molecule has 2 aromatic heterocycles. The van der Waals surface area contributed by atoms with E-state index in [1.807, 2.05) is 16.8 Å². The summed E-state index contributed by atoms with van der Waals surface area (Å²) in [5.41, 5.74) is 2.92. The number of thiophene rings is 1. The highest BCUT2D eigenvalue weighted by molar-refractivity contribution is 7.92. The maximum atomic E-state index is 12.9. The van der Waals surface area contributed by atoms with Crippen molar-refractivity contribution in [3.8, 4) is 28.4 Å². The Bertz CT molecular complexity index is 1160. The predicted molar refractivity (Wildman–Crippen MR) is 105 cm³/mol. The highest BCUT2D eigenvalue weighted by Gasteiger charge is 2.32. The quantitative estimate of drug-likeness (QED) is 0.590. The van der Waals surface area contributed by atoms with Crippen molar-refractivity contribution < 1.29 is 22.7 Å². The zero-order chi connectivity index (χ0) is 20.1. The normalized spacial score (nSPS) is 13.0. The second-order valence-electron chi connectivity index (χ2n) is 6.61. The molecule has 0 radical (unpaired) electrons. The fourth-order valence-electron chi connectivity index (χ4n) is 3.18. The summed E-state index contributed by atoms with van der Waals surface area (Å²) < 4.78 is 38.6. The largest absolute Gasteiger partial charge is 0.495 e. The molecule has 0 saturated heterocycles. The summed E-state index contributed by atoms with van der Waals surface area (Å²) in [6.07, 6.45) is 0.686. The van der Waals surface area contributed by atoms with Crippen LogP contribution in [0.25, 0.3) is 16.9 Å². The van der Waals surface area contributed by atoms with Gasteiger partial charge in [0.25, 0.3) is 0 Å². The van der Waals surface area contributed by atoms with Gasteiger partial charge < -0.3 is 9.47 Å². The molecule has 3 aromatic rings. The number of rotatable bonds is 5. The van der Waals surface area contributed by atoms with Crippen LogP contribution >= 0.6 is 11.3 Å². The first-order valence-electron chi connectivity index (χ1n) is 8.57. The zero-order valence-corrected chi connectivity index (χ0v) is 17.1. The van der Waals surface area contributed by atoms with E-state index in [0.29, 0.717) is 28.9 Å². The predicted octanol–water partition coefficient (Wildman–Crippen LogP) is 3.50. The average molecular weight is 418 g/mol. The Labute approximate surface area is 166 Å². The van der Waals surface area contributed by atoms with Crippen molar-refractivity contribution in [3.05, 3.63) is 40.2 Å². The molecule has 0 unspecified atom stereocenters. The van der Waals surface area contributed by atoms with E-state index >= 15 is 0 Å². The number of hydrogen-bond acceptors (Lipinski definition) is 7. The fourth-order valence-corrected chi connectivity index (χ4v) is 5.00. The van der Waals surface area contributed by atoms with Gasteiger partial charge in [-0.05, 0) is 31.4 Å². The highest BCUT2D eigenvalue weighted by atomic mass is 32.2. The lowest BCUT2D eigenvalue weighted by atomic mass is 10.0. The van der Waals surface area contributed by atoms with E-state index in [4.69, 9.17) is 9.47 Å². The molecule has 146 valence electrons. The van der Waals surface area contributed by atoms with E-state index in [2.05, 4.69) is 5.10 Å². The number of carbonyl (C=O) groups excluding carboxylic acids is 1. The van der Waals surface area contributed by atoms with Crippen LogP contribution in [-0.4, -0.2) is 36.8 Å². The van der Waals surface area contributed by atoms with Crippen molar-refractivity contribution in [2.75, 3.05) is 7.11 Å². The van der Waals surface area contributed by atoms with E-state index in [1.54, 1.807) is 30.7 Å². The van der Waals surface area contributed by atoms with Crippen molar-refractivity contribution >= 4 is 27.5 Å².